The molecule has 0 fully saturated rings. The van der Waals surface area contributed by atoms with E-state index in [-0.39, 0.29) is 6.29 Å². The number of carbonyl (C=O) groups excluding carboxylic acids is 1. The van der Waals surface area contributed by atoms with Crippen LogP contribution in [0.3, 0.4) is 0 Å². The quantitative estimate of drug-likeness (QED) is 0.343. The zero-order valence-electron chi connectivity index (χ0n) is 10.3. The molecular weight excluding hydrogens is 272 g/mol. The molecule has 6 N–H and O–H groups in total. The molecule has 4 atom stereocenters. The molecule has 8 nitrogen and oxygen atoms in total. The van der Waals surface area contributed by atoms with Gasteiger partial charge in [-0.2, -0.15) is 0 Å². The highest BCUT2D eigenvalue weighted by atomic mass is 16.4. The maximum absolute atomic E-state index is 10.1. The zero-order valence-corrected chi connectivity index (χ0v) is 10.3. The first kappa shape index (κ1) is 18.0. The lowest BCUT2D eigenvalue weighted by molar-refractivity contribution is -0.163. The van der Waals surface area contributed by atoms with Gasteiger partial charge in [0.1, 0.15) is 24.1 Å². The van der Waals surface area contributed by atoms with E-state index >= 15 is 0 Å². The van der Waals surface area contributed by atoms with Crippen LogP contribution < -0.4 is 0 Å². The highest BCUT2D eigenvalue weighted by molar-refractivity contribution is 5.73. The molecular formula is C12H16O8. The lowest BCUT2D eigenvalue weighted by atomic mass is 10.0. The number of phenols is 1. The third-order valence-electron chi connectivity index (χ3n) is 2.17. The van der Waals surface area contributed by atoms with Crippen molar-refractivity contribution < 1.29 is 40.2 Å². The molecule has 20 heavy (non-hydrogen) atoms. The lowest BCUT2D eigenvalue weighted by Crippen LogP contribution is -2.48. The largest absolute Gasteiger partial charge is 0.508 e. The first-order chi connectivity index (χ1) is 9.31. The van der Waals surface area contributed by atoms with E-state index in [1.165, 1.54) is 0 Å². The molecule has 0 aliphatic heterocycles. The molecule has 8 heteroatoms. The summed E-state index contributed by atoms with van der Waals surface area (Å²) in [4.78, 5) is 20.0. The number of hydrogen-bond donors (Lipinski definition) is 6. The van der Waals surface area contributed by atoms with Gasteiger partial charge in [0.25, 0.3) is 0 Å². The van der Waals surface area contributed by atoms with Crippen LogP contribution >= 0.6 is 0 Å². The van der Waals surface area contributed by atoms with E-state index in [1.807, 2.05) is 6.07 Å². The number of carboxylic acid groups (broad SMARTS) is 1. The van der Waals surface area contributed by atoms with Crippen molar-refractivity contribution in [3.63, 3.8) is 0 Å². The number of aliphatic hydroxyl groups is 4. The minimum atomic E-state index is -2.25. The summed E-state index contributed by atoms with van der Waals surface area (Å²) in [6, 6.07) is 8.71. The van der Waals surface area contributed by atoms with Gasteiger partial charge in [-0.3, -0.25) is 0 Å². The number of benzene rings is 1. The Morgan fingerprint density at radius 3 is 1.80 bits per heavy atom. The molecule has 0 aromatic heterocycles. The van der Waals surface area contributed by atoms with E-state index in [4.69, 9.17) is 30.6 Å². The third kappa shape index (κ3) is 6.25. The van der Waals surface area contributed by atoms with Crippen LogP contribution in [0, 0.1) is 0 Å². The fourth-order valence-electron chi connectivity index (χ4n) is 1.04. The topological polar surface area (TPSA) is 156 Å². The van der Waals surface area contributed by atoms with Crippen LogP contribution in [0.25, 0.3) is 0 Å². The number of carboxylic acids is 1. The van der Waals surface area contributed by atoms with Gasteiger partial charge < -0.3 is 35.4 Å². The Kier molecular flexibility index (Phi) is 8.09. The normalized spacial score (nSPS) is 16.0. The van der Waals surface area contributed by atoms with Crippen molar-refractivity contribution in [3.8, 4) is 5.75 Å². The average Bonchev–Trinajstić information content (AvgIpc) is 2.45. The van der Waals surface area contributed by atoms with Crippen LogP contribution in [0.2, 0.25) is 0 Å². The number of aliphatic hydroxyl groups excluding tert-OH is 4. The average molecular weight is 288 g/mol. The molecule has 0 heterocycles. The summed E-state index contributed by atoms with van der Waals surface area (Å²) in [6.45, 7) is 0. The summed E-state index contributed by atoms with van der Waals surface area (Å²) in [5, 5.41) is 51.8. The van der Waals surface area contributed by atoms with Gasteiger partial charge in [0.05, 0.1) is 0 Å². The monoisotopic (exact) mass is 288 g/mol. The number of phenolic OH excluding ortho intramolecular Hbond substituents is 1. The number of para-hydroxylation sites is 1. The highest BCUT2D eigenvalue weighted by Gasteiger charge is 2.33. The number of aliphatic carboxylic acids is 1. The molecule has 4 unspecified atom stereocenters. The molecule has 112 valence electrons. The first-order valence-corrected chi connectivity index (χ1v) is 5.45. The summed E-state index contributed by atoms with van der Waals surface area (Å²) < 4.78 is 0. The first-order valence-electron chi connectivity index (χ1n) is 5.45. The molecule has 0 radical (unpaired) electrons. The second-order valence-corrected chi connectivity index (χ2v) is 3.73. The van der Waals surface area contributed by atoms with Gasteiger partial charge >= 0.3 is 5.97 Å². The van der Waals surface area contributed by atoms with E-state index in [2.05, 4.69) is 0 Å². The van der Waals surface area contributed by atoms with Crippen LogP contribution in [0.4, 0.5) is 0 Å². The second-order valence-electron chi connectivity index (χ2n) is 3.73. The van der Waals surface area contributed by atoms with E-state index in [9.17, 15) is 9.59 Å². The number of carbonyl (C=O) groups is 2. The van der Waals surface area contributed by atoms with Gasteiger partial charge in [-0.05, 0) is 12.1 Å². The molecule has 1 aromatic carbocycles. The Morgan fingerprint density at radius 1 is 1.00 bits per heavy atom. The van der Waals surface area contributed by atoms with E-state index in [1.54, 1.807) is 24.3 Å². The summed E-state index contributed by atoms with van der Waals surface area (Å²) in [7, 11) is 0. The highest BCUT2D eigenvalue weighted by Crippen LogP contribution is 2.04. The van der Waals surface area contributed by atoms with Crippen LogP contribution in [0.5, 0.6) is 5.75 Å². The number of aldehydes is 1. The van der Waals surface area contributed by atoms with E-state index in [0.717, 1.165) is 0 Å². The molecule has 0 spiro atoms. The summed E-state index contributed by atoms with van der Waals surface area (Å²) in [5.74, 6) is -1.44. The fourth-order valence-corrected chi connectivity index (χ4v) is 1.04. The number of hydrogen-bond acceptors (Lipinski definition) is 7. The van der Waals surface area contributed by atoms with Crippen molar-refractivity contribution in [1.29, 1.82) is 0 Å². The smallest absolute Gasteiger partial charge is 0.335 e. The van der Waals surface area contributed by atoms with Crippen LogP contribution in [-0.4, -0.2) is 67.3 Å². The summed E-state index contributed by atoms with van der Waals surface area (Å²) >= 11 is 0. The molecule has 0 bridgehead atoms. The van der Waals surface area contributed by atoms with Crippen molar-refractivity contribution in [1.82, 2.24) is 0 Å². The van der Waals surface area contributed by atoms with Crippen molar-refractivity contribution in [3.05, 3.63) is 30.3 Å². The van der Waals surface area contributed by atoms with Gasteiger partial charge in [0.2, 0.25) is 0 Å². The summed E-state index contributed by atoms with van der Waals surface area (Å²) in [6.07, 6.45) is -8.39. The molecule has 0 amide bonds. The van der Waals surface area contributed by atoms with Crippen molar-refractivity contribution in [2.45, 2.75) is 24.4 Å². The van der Waals surface area contributed by atoms with Gasteiger partial charge in [0, 0.05) is 0 Å². The second kappa shape index (κ2) is 8.99. The SMILES string of the molecule is O=CC(O)C(O)C(O)C(O)C(=O)O.Oc1ccccc1. The van der Waals surface area contributed by atoms with Gasteiger partial charge in [0.15, 0.2) is 12.4 Å². The Labute approximate surface area is 114 Å². The van der Waals surface area contributed by atoms with Crippen molar-refractivity contribution >= 4 is 12.3 Å². The van der Waals surface area contributed by atoms with Gasteiger partial charge in [-0.15, -0.1) is 0 Å². The Bertz CT molecular complexity index is 407. The molecule has 0 aliphatic rings. The summed E-state index contributed by atoms with van der Waals surface area (Å²) in [5.41, 5.74) is 0. The van der Waals surface area contributed by atoms with Crippen molar-refractivity contribution in [2.75, 3.05) is 0 Å². The van der Waals surface area contributed by atoms with Crippen molar-refractivity contribution in [2.24, 2.45) is 0 Å². The molecule has 0 saturated heterocycles. The van der Waals surface area contributed by atoms with Crippen LogP contribution in [0.1, 0.15) is 0 Å². The van der Waals surface area contributed by atoms with E-state index < -0.39 is 30.4 Å². The minimum Gasteiger partial charge on any atom is -0.508 e. The van der Waals surface area contributed by atoms with Crippen LogP contribution in [-0.2, 0) is 9.59 Å². The van der Waals surface area contributed by atoms with Gasteiger partial charge in [-0.1, -0.05) is 18.2 Å². The predicted octanol–water partition coefficient (Wildman–Crippen LogP) is -1.89. The Morgan fingerprint density at radius 2 is 1.50 bits per heavy atom. The molecule has 1 rings (SSSR count). The number of rotatable bonds is 5. The minimum absolute atomic E-state index is 0.0809. The predicted molar refractivity (Wildman–Crippen MR) is 65.8 cm³/mol. The fraction of sp³-hybridized carbons (Fsp3) is 0.333. The maximum atomic E-state index is 10.1. The van der Waals surface area contributed by atoms with Crippen LogP contribution in [0.15, 0.2) is 30.3 Å². The molecule has 0 saturated carbocycles. The zero-order chi connectivity index (χ0) is 15.7. The third-order valence-corrected chi connectivity index (χ3v) is 2.17. The number of aromatic hydroxyl groups is 1. The maximum Gasteiger partial charge on any atom is 0.335 e. The molecule has 1 aromatic rings. The lowest BCUT2D eigenvalue weighted by Gasteiger charge is -2.21. The Hall–Kier alpha value is -2.00. The van der Waals surface area contributed by atoms with E-state index in [0.29, 0.717) is 5.75 Å². The standard InChI is InChI=1S/C6H10O7.C6H6O/c7-1-2(8)3(9)4(10)5(11)6(12)13;7-6-4-2-1-3-5-6/h1-5,8-11H,(H,12,13);1-5,7H. The Balaban J connectivity index is 0.000000428. The molecule has 0 aliphatic carbocycles. The van der Waals surface area contributed by atoms with Gasteiger partial charge in [-0.25, -0.2) is 4.79 Å².